The third kappa shape index (κ3) is 4.70. The van der Waals surface area contributed by atoms with Crippen molar-refractivity contribution in [3.8, 4) is 0 Å². The summed E-state index contributed by atoms with van der Waals surface area (Å²) in [5.74, 6) is -3.06. The molecule has 7 heteroatoms. The quantitative estimate of drug-likeness (QED) is 0.535. The van der Waals surface area contributed by atoms with E-state index in [4.69, 9.17) is 18.9 Å². The number of carbonyl (C=O) groups excluding carboxylic acids is 2. The van der Waals surface area contributed by atoms with Crippen LogP contribution < -0.4 is 0 Å². The van der Waals surface area contributed by atoms with Gasteiger partial charge in [-0.1, -0.05) is 32.6 Å². The van der Waals surface area contributed by atoms with Crippen molar-refractivity contribution in [1.82, 2.24) is 0 Å². The highest BCUT2D eigenvalue weighted by Crippen LogP contribution is 2.32. The number of ether oxygens (including phenoxy) is 4. The van der Waals surface area contributed by atoms with E-state index in [0.717, 1.165) is 25.7 Å². The molecule has 0 spiro atoms. The topological polar surface area (TPSA) is 91.3 Å². The van der Waals surface area contributed by atoms with Crippen LogP contribution in [0.1, 0.15) is 59.3 Å². The molecule has 2 heterocycles. The summed E-state index contributed by atoms with van der Waals surface area (Å²) in [6.45, 7) is 5.74. The minimum atomic E-state index is -1.01. The maximum Gasteiger partial charge on any atom is 0.378 e. The Labute approximate surface area is 141 Å². The highest BCUT2D eigenvalue weighted by atomic mass is 16.8. The number of rotatable bonds is 8. The van der Waals surface area contributed by atoms with Crippen LogP contribution in [0.25, 0.3) is 0 Å². The van der Waals surface area contributed by atoms with Crippen molar-refractivity contribution in [1.29, 1.82) is 0 Å². The van der Waals surface area contributed by atoms with Gasteiger partial charge in [0.25, 0.3) is 5.76 Å². The summed E-state index contributed by atoms with van der Waals surface area (Å²) in [5, 5.41) is 10.2. The molecule has 1 N–H and O–H groups in total. The van der Waals surface area contributed by atoms with E-state index in [0.29, 0.717) is 6.42 Å². The summed E-state index contributed by atoms with van der Waals surface area (Å²) >= 11 is 0. The second-order valence-corrected chi connectivity index (χ2v) is 6.55. The highest BCUT2D eigenvalue weighted by molar-refractivity contribution is 5.92. The Hall–Kier alpha value is -1.60. The molecule has 0 saturated carbocycles. The van der Waals surface area contributed by atoms with Crippen LogP contribution in [0.2, 0.25) is 0 Å². The Morgan fingerprint density at radius 2 is 2.00 bits per heavy atom. The average Bonchev–Trinajstić information content (AvgIpc) is 3.01. The van der Waals surface area contributed by atoms with Crippen LogP contribution in [-0.2, 0) is 28.5 Å². The van der Waals surface area contributed by atoms with Crippen molar-refractivity contribution in [3.63, 3.8) is 0 Å². The summed E-state index contributed by atoms with van der Waals surface area (Å²) in [7, 11) is 0. The number of aliphatic hydroxyl groups excluding tert-OH is 1. The molecule has 2 atom stereocenters. The Kier molecular flexibility index (Phi) is 6.23. The van der Waals surface area contributed by atoms with E-state index in [9.17, 15) is 14.7 Å². The zero-order valence-corrected chi connectivity index (χ0v) is 14.5. The minimum absolute atomic E-state index is 0.174. The van der Waals surface area contributed by atoms with Crippen LogP contribution in [-0.4, -0.2) is 41.6 Å². The molecule has 0 radical (unpaired) electrons. The standard InChI is InChI=1S/C17H26O7/c1-4-5-6-7-8-9-12(18)22-15-13(19)14(23-16(15)20)11-10-21-17(2,3)24-11/h11,14,19H,4-10H2,1-3H3/t11?,14-/m1/s1. The number of aliphatic hydroxyl groups is 1. The molecule has 24 heavy (non-hydrogen) atoms. The molecule has 0 aromatic carbocycles. The van der Waals surface area contributed by atoms with Gasteiger partial charge in [0, 0.05) is 6.42 Å². The molecule has 136 valence electrons. The van der Waals surface area contributed by atoms with E-state index in [-0.39, 0.29) is 13.0 Å². The van der Waals surface area contributed by atoms with Crippen molar-refractivity contribution in [2.45, 2.75) is 77.3 Å². The lowest BCUT2D eigenvalue weighted by Gasteiger charge is -2.19. The van der Waals surface area contributed by atoms with Crippen LogP contribution in [0.4, 0.5) is 0 Å². The number of cyclic esters (lactones) is 1. The molecule has 1 fully saturated rings. The van der Waals surface area contributed by atoms with Gasteiger partial charge in [0.05, 0.1) is 6.61 Å². The van der Waals surface area contributed by atoms with E-state index in [1.165, 1.54) is 0 Å². The lowest BCUT2D eigenvalue weighted by molar-refractivity contribution is -0.164. The zero-order chi connectivity index (χ0) is 17.7. The van der Waals surface area contributed by atoms with Gasteiger partial charge in [-0.2, -0.15) is 0 Å². The van der Waals surface area contributed by atoms with Gasteiger partial charge in [-0.05, 0) is 20.3 Å². The fourth-order valence-electron chi connectivity index (χ4n) is 2.71. The van der Waals surface area contributed by atoms with Gasteiger partial charge in [-0.25, -0.2) is 4.79 Å². The van der Waals surface area contributed by atoms with Crippen molar-refractivity contribution in [2.24, 2.45) is 0 Å². The first-order valence-corrected chi connectivity index (χ1v) is 8.50. The Balaban J connectivity index is 1.87. The van der Waals surface area contributed by atoms with Crippen LogP contribution in [0.3, 0.4) is 0 Å². The first-order chi connectivity index (χ1) is 11.3. The molecular formula is C17H26O7. The molecule has 7 nitrogen and oxygen atoms in total. The van der Waals surface area contributed by atoms with Crippen LogP contribution in [0.5, 0.6) is 0 Å². The van der Waals surface area contributed by atoms with Gasteiger partial charge in [-0.15, -0.1) is 0 Å². The summed E-state index contributed by atoms with van der Waals surface area (Å²) in [5.41, 5.74) is 0. The molecule has 0 bridgehead atoms. The second-order valence-electron chi connectivity index (χ2n) is 6.55. The van der Waals surface area contributed by atoms with E-state index in [1.807, 2.05) is 0 Å². The van der Waals surface area contributed by atoms with Crippen molar-refractivity contribution < 1.29 is 33.6 Å². The minimum Gasteiger partial charge on any atom is -0.505 e. The van der Waals surface area contributed by atoms with Crippen molar-refractivity contribution >= 4 is 11.9 Å². The van der Waals surface area contributed by atoms with Gasteiger partial charge < -0.3 is 24.1 Å². The summed E-state index contributed by atoms with van der Waals surface area (Å²) in [6, 6.07) is 0. The molecular weight excluding hydrogens is 316 g/mol. The largest absolute Gasteiger partial charge is 0.505 e. The molecule has 0 amide bonds. The molecule has 2 rings (SSSR count). The van der Waals surface area contributed by atoms with Crippen molar-refractivity contribution in [2.75, 3.05) is 6.61 Å². The number of unbranched alkanes of at least 4 members (excludes halogenated alkanes) is 4. The maximum absolute atomic E-state index is 11.9. The molecule has 2 aliphatic rings. The van der Waals surface area contributed by atoms with Crippen LogP contribution in [0.15, 0.2) is 11.5 Å². The fraction of sp³-hybridized carbons (Fsp3) is 0.765. The SMILES string of the molecule is CCCCCCCC(=O)OC1=C(O)[C@@H](C2COC(C)(C)O2)OC1=O. The van der Waals surface area contributed by atoms with Gasteiger partial charge >= 0.3 is 11.9 Å². The van der Waals surface area contributed by atoms with Crippen LogP contribution >= 0.6 is 0 Å². The number of hydrogen-bond donors (Lipinski definition) is 1. The smallest absolute Gasteiger partial charge is 0.378 e. The van der Waals surface area contributed by atoms with Gasteiger partial charge in [-0.3, -0.25) is 4.79 Å². The third-order valence-corrected chi connectivity index (χ3v) is 3.99. The van der Waals surface area contributed by atoms with E-state index in [1.54, 1.807) is 13.8 Å². The average molecular weight is 342 g/mol. The Morgan fingerprint density at radius 3 is 2.62 bits per heavy atom. The first kappa shape index (κ1) is 18.7. The molecule has 2 aliphatic heterocycles. The number of esters is 2. The van der Waals surface area contributed by atoms with Crippen molar-refractivity contribution in [3.05, 3.63) is 11.5 Å². The maximum atomic E-state index is 11.9. The number of carbonyl (C=O) groups is 2. The molecule has 0 aromatic rings. The highest BCUT2D eigenvalue weighted by Gasteiger charge is 2.47. The number of hydrogen-bond acceptors (Lipinski definition) is 7. The normalized spacial score (nSPS) is 25.9. The van der Waals surface area contributed by atoms with Crippen LogP contribution in [0, 0.1) is 0 Å². The van der Waals surface area contributed by atoms with Gasteiger partial charge in [0.15, 0.2) is 17.7 Å². The van der Waals surface area contributed by atoms with E-state index >= 15 is 0 Å². The summed E-state index contributed by atoms with van der Waals surface area (Å²) < 4.78 is 21.0. The van der Waals surface area contributed by atoms with E-state index in [2.05, 4.69) is 6.92 Å². The predicted octanol–water partition coefficient (Wildman–Crippen LogP) is 2.74. The molecule has 1 saturated heterocycles. The third-order valence-electron chi connectivity index (χ3n) is 3.99. The molecule has 0 aliphatic carbocycles. The Bertz CT molecular complexity index is 509. The first-order valence-electron chi connectivity index (χ1n) is 8.50. The zero-order valence-electron chi connectivity index (χ0n) is 14.5. The molecule has 0 aromatic heterocycles. The van der Waals surface area contributed by atoms with Gasteiger partial charge in [0.1, 0.15) is 6.10 Å². The Morgan fingerprint density at radius 1 is 1.29 bits per heavy atom. The lowest BCUT2D eigenvalue weighted by Crippen LogP contribution is -2.32. The van der Waals surface area contributed by atoms with E-state index < -0.39 is 41.5 Å². The lowest BCUT2D eigenvalue weighted by atomic mass is 10.1. The summed E-state index contributed by atoms with van der Waals surface area (Å²) in [6.07, 6.45) is 3.52. The van der Waals surface area contributed by atoms with Gasteiger partial charge in [0.2, 0.25) is 0 Å². The summed E-state index contributed by atoms with van der Waals surface area (Å²) in [4.78, 5) is 23.7. The molecule has 1 unspecified atom stereocenters. The second kappa shape index (κ2) is 7.98. The fourth-order valence-corrected chi connectivity index (χ4v) is 2.71. The monoisotopic (exact) mass is 342 g/mol. The predicted molar refractivity (Wildman–Crippen MR) is 83.9 cm³/mol.